The van der Waals surface area contributed by atoms with E-state index in [1.165, 1.54) is 0 Å². The van der Waals surface area contributed by atoms with Crippen LogP contribution >= 0.6 is 0 Å². The van der Waals surface area contributed by atoms with E-state index in [1.807, 2.05) is 31.2 Å². The van der Waals surface area contributed by atoms with Gasteiger partial charge in [0.25, 0.3) is 11.8 Å². The highest BCUT2D eigenvalue weighted by Gasteiger charge is 2.36. The largest absolute Gasteiger partial charge is 0.489 e. The first-order valence-corrected chi connectivity index (χ1v) is 9.01. The van der Waals surface area contributed by atoms with Crippen LogP contribution < -0.4 is 15.4 Å². The van der Waals surface area contributed by atoms with Crippen LogP contribution in [0.25, 0.3) is 0 Å². The maximum Gasteiger partial charge on any atom is 0.254 e. The molecule has 26 heavy (non-hydrogen) atoms. The van der Waals surface area contributed by atoms with Crippen LogP contribution in [-0.4, -0.2) is 31.0 Å². The van der Waals surface area contributed by atoms with E-state index in [9.17, 15) is 9.59 Å². The van der Waals surface area contributed by atoms with Crippen LogP contribution in [0.2, 0.25) is 0 Å². The van der Waals surface area contributed by atoms with Gasteiger partial charge in [0.2, 0.25) is 0 Å². The van der Waals surface area contributed by atoms with Gasteiger partial charge in [-0.3, -0.25) is 9.59 Å². The molecule has 2 amide bonds. The molecule has 0 saturated heterocycles. The maximum atomic E-state index is 12.6. The topological polar surface area (TPSA) is 67.4 Å². The van der Waals surface area contributed by atoms with Crippen molar-refractivity contribution in [1.29, 1.82) is 0 Å². The highest BCUT2D eigenvalue weighted by atomic mass is 16.5. The van der Waals surface area contributed by atoms with Gasteiger partial charge in [0.05, 0.1) is 5.56 Å². The number of amides is 2. The van der Waals surface area contributed by atoms with Gasteiger partial charge in [0.15, 0.2) is 0 Å². The molecule has 4 rings (SSSR count). The van der Waals surface area contributed by atoms with Gasteiger partial charge in [-0.15, -0.1) is 0 Å². The lowest BCUT2D eigenvalue weighted by molar-refractivity contribution is 0.0951. The molecule has 2 N–H and O–H groups in total. The zero-order valence-electron chi connectivity index (χ0n) is 14.9. The lowest BCUT2D eigenvalue weighted by Crippen LogP contribution is -2.26. The monoisotopic (exact) mass is 350 g/mol. The van der Waals surface area contributed by atoms with E-state index in [0.717, 1.165) is 24.0 Å². The van der Waals surface area contributed by atoms with E-state index in [4.69, 9.17) is 4.74 Å². The number of rotatable bonds is 4. The normalized spacial score (nSPS) is 20.8. The van der Waals surface area contributed by atoms with Gasteiger partial charge in [-0.1, -0.05) is 30.3 Å². The molecule has 2 atom stereocenters. The Morgan fingerprint density at radius 1 is 1.08 bits per heavy atom. The van der Waals surface area contributed by atoms with Gasteiger partial charge >= 0.3 is 0 Å². The van der Waals surface area contributed by atoms with Crippen LogP contribution in [0.3, 0.4) is 0 Å². The van der Waals surface area contributed by atoms with E-state index in [2.05, 4.69) is 22.8 Å². The van der Waals surface area contributed by atoms with Gasteiger partial charge in [-0.05, 0) is 37.5 Å². The van der Waals surface area contributed by atoms with E-state index >= 15 is 0 Å². The summed E-state index contributed by atoms with van der Waals surface area (Å²) >= 11 is 0. The van der Waals surface area contributed by atoms with Crippen molar-refractivity contribution in [3.05, 3.63) is 64.7 Å². The molecule has 5 heteroatoms. The highest BCUT2D eigenvalue weighted by Crippen LogP contribution is 2.44. The number of nitrogens with one attached hydrogen (secondary N) is 2. The van der Waals surface area contributed by atoms with Crippen molar-refractivity contribution in [2.75, 3.05) is 7.05 Å². The van der Waals surface area contributed by atoms with Crippen molar-refractivity contribution in [3.63, 3.8) is 0 Å². The van der Waals surface area contributed by atoms with Gasteiger partial charge in [-0.25, -0.2) is 0 Å². The first-order valence-electron chi connectivity index (χ1n) is 9.01. The Hall–Kier alpha value is -2.82. The minimum Gasteiger partial charge on any atom is -0.489 e. The summed E-state index contributed by atoms with van der Waals surface area (Å²) in [6, 6.07) is 13.8. The van der Waals surface area contributed by atoms with Crippen molar-refractivity contribution in [3.8, 4) is 5.75 Å². The molecule has 0 spiro atoms. The Balaban J connectivity index is 1.82. The number of carbonyl (C=O) groups is 2. The first-order chi connectivity index (χ1) is 12.6. The average molecular weight is 350 g/mol. The molecular formula is C21H22N2O3. The third-order valence-corrected chi connectivity index (χ3v) is 5.03. The number of benzene rings is 2. The van der Waals surface area contributed by atoms with E-state index in [-0.39, 0.29) is 29.9 Å². The molecule has 5 nitrogen and oxygen atoms in total. The van der Waals surface area contributed by atoms with Crippen molar-refractivity contribution in [2.45, 2.75) is 37.8 Å². The molecule has 134 valence electrons. The summed E-state index contributed by atoms with van der Waals surface area (Å²) < 4.78 is 6.06. The molecule has 2 aromatic carbocycles. The van der Waals surface area contributed by atoms with Crippen molar-refractivity contribution < 1.29 is 14.3 Å². The van der Waals surface area contributed by atoms with Gasteiger partial charge in [0.1, 0.15) is 11.9 Å². The molecule has 1 saturated carbocycles. The molecule has 1 fully saturated rings. The lowest BCUT2D eigenvalue weighted by Gasteiger charge is -2.15. The summed E-state index contributed by atoms with van der Waals surface area (Å²) in [7, 11) is 1.58. The second-order valence-corrected chi connectivity index (χ2v) is 6.98. The quantitative estimate of drug-likeness (QED) is 0.891. The predicted molar refractivity (Wildman–Crippen MR) is 98.7 cm³/mol. The summed E-state index contributed by atoms with van der Waals surface area (Å²) in [6.07, 6.45) is 1.93. The summed E-state index contributed by atoms with van der Waals surface area (Å²) in [5.74, 6) is 0.187. The van der Waals surface area contributed by atoms with Gasteiger partial charge in [-0.2, -0.15) is 0 Å². The fraction of sp³-hybridized carbons (Fsp3) is 0.333. The van der Waals surface area contributed by atoms with Crippen molar-refractivity contribution in [1.82, 2.24) is 10.6 Å². The smallest absolute Gasteiger partial charge is 0.254 e. The Labute approximate surface area is 152 Å². The summed E-state index contributed by atoms with van der Waals surface area (Å²) in [4.78, 5) is 25.0. The maximum absolute atomic E-state index is 12.6. The fourth-order valence-corrected chi connectivity index (χ4v) is 3.56. The van der Waals surface area contributed by atoms with Crippen LogP contribution in [0.4, 0.5) is 0 Å². The molecule has 1 heterocycles. The number of ether oxygens (including phenoxy) is 1. The molecule has 0 radical (unpaired) electrons. The number of carbonyl (C=O) groups excluding carboxylic acids is 2. The van der Waals surface area contributed by atoms with Gasteiger partial charge < -0.3 is 15.4 Å². The SMILES string of the molecule is CNC(=O)c1cc(C(=O)NC2CC2)cc2c1O[C@@H](C)[C@@H]2c1ccccc1. The standard InChI is InChI=1S/C21H22N2O3/c1-12-18(13-6-4-3-5-7-13)16-10-14(20(24)23-15-8-9-15)11-17(19(16)26-12)21(25)22-2/h3-7,10-12,15,18H,8-9H2,1-2H3,(H,22,25)(H,23,24)/t12-,18+/m0/s1. The lowest BCUT2D eigenvalue weighted by atomic mass is 9.87. The van der Waals surface area contributed by atoms with Gasteiger partial charge in [0, 0.05) is 30.1 Å². The average Bonchev–Trinajstić information content (AvgIpc) is 3.40. The van der Waals surface area contributed by atoms with E-state index in [1.54, 1.807) is 13.1 Å². The third-order valence-electron chi connectivity index (χ3n) is 5.03. The summed E-state index contributed by atoms with van der Waals surface area (Å²) in [5, 5.41) is 5.65. The molecule has 2 aliphatic rings. The number of hydrogen-bond acceptors (Lipinski definition) is 3. The van der Waals surface area contributed by atoms with Crippen molar-refractivity contribution >= 4 is 11.8 Å². The highest BCUT2D eigenvalue weighted by molar-refractivity contribution is 6.02. The molecular weight excluding hydrogens is 328 g/mol. The summed E-state index contributed by atoms with van der Waals surface area (Å²) in [6.45, 7) is 2.00. The second kappa shape index (κ2) is 6.48. The zero-order valence-corrected chi connectivity index (χ0v) is 14.9. The molecule has 2 aromatic rings. The van der Waals surface area contributed by atoms with Crippen LogP contribution in [0.15, 0.2) is 42.5 Å². The molecule has 0 unspecified atom stereocenters. The number of hydrogen-bond donors (Lipinski definition) is 2. The van der Waals surface area contributed by atoms with E-state index < -0.39 is 0 Å². The Bertz CT molecular complexity index is 859. The number of fused-ring (bicyclic) bond motifs is 1. The van der Waals surface area contributed by atoms with Crippen LogP contribution in [0.5, 0.6) is 5.75 Å². The summed E-state index contributed by atoms with van der Waals surface area (Å²) in [5.41, 5.74) is 2.93. The predicted octanol–water partition coefficient (Wildman–Crippen LogP) is 2.85. The van der Waals surface area contributed by atoms with Crippen LogP contribution in [0, 0.1) is 0 Å². The zero-order chi connectivity index (χ0) is 18.3. The third kappa shape index (κ3) is 2.94. The van der Waals surface area contributed by atoms with E-state index in [0.29, 0.717) is 16.9 Å². The fourth-order valence-electron chi connectivity index (χ4n) is 3.56. The van der Waals surface area contributed by atoms with Crippen LogP contribution in [0.1, 0.15) is 57.5 Å². The Morgan fingerprint density at radius 2 is 1.81 bits per heavy atom. The first kappa shape index (κ1) is 16.6. The van der Waals surface area contributed by atoms with Crippen molar-refractivity contribution in [2.24, 2.45) is 0 Å². The molecule has 1 aliphatic heterocycles. The Morgan fingerprint density at radius 3 is 2.46 bits per heavy atom. The van der Waals surface area contributed by atoms with Crippen LogP contribution in [-0.2, 0) is 0 Å². The molecule has 0 aromatic heterocycles. The molecule has 0 bridgehead atoms. The molecule has 1 aliphatic carbocycles. The minimum absolute atomic E-state index is 0.0109. The Kier molecular flexibility index (Phi) is 4.15. The second-order valence-electron chi connectivity index (χ2n) is 6.98. The minimum atomic E-state index is -0.247.